The predicted octanol–water partition coefficient (Wildman–Crippen LogP) is 4.36. The minimum absolute atomic E-state index is 0.0652. The minimum Gasteiger partial charge on any atom is -0.357 e. The summed E-state index contributed by atoms with van der Waals surface area (Å²) in [6.07, 6.45) is 0.315. The Balaban J connectivity index is 1.73. The molecule has 0 fully saturated rings. The summed E-state index contributed by atoms with van der Waals surface area (Å²) in [7, 11) is 0. The van der Waals surface area contributed by atoms with Gasteiger partial charge >= 0.3 is 0 Å². The molecule has 1 aliphatic heterocycles. The Morgan fingerprint density at radius 2 is 2.03 bits per heavy atom. The zero-order chi connectivity index (χ0) is 20.4. The highest BCUT2D eigenvalue weighted by Gasteiger charge is 2.36. The first-order valence-corrected chi connectivity index (χ1v) is 10.2. The quantitative estimate of drug-likeness (QED) is 0.618. The summed E-state index contributed by atoms with van der Waals surface area (Å²) in [4.78, 5) is 18.2. The summed E-state index contributed by atoms with van der Waals surface area (Å²) in [6, 6.07) is 18.4. The molecule has 0 radical (unpaired) electrons. The van der Waals surface area contributed by atoms with Crippen LogP contribution in [0, 0.1) is 11.3 Å². The van der Waals surface area contributed by atoms with Gasteiger partial charge in [-0.3, -0.25) is 9.69 Å². The van der Waals surface area contributed by atoms with Crippen molar-refractivity contribution in [3.8, 4) is 6.07 Å². The highest BCUT2D eigenvalue weighted by Crippen LogP contribution is 2.44. The zero-order valence-corrected chi connectivity index (χ0v) is 17.0. The molecule has 0 saturated heterocycles. The molecule has 2 N–H and O–H groups in total. The summed E-state index contributed by atoms with van der Waals surface area (Å²) in [5.41, 5.74) is 4.57. The molecular formula is C23H23ClN4O. The summed E-state index contributed by atoms with van der Waals surface area (Å²) < 4.78 is 0. The van der Waals surface area contributed by atoms with Gasteiger partial charge in [-0.2, -0.15) is 5.26 Å². The molecule has 0 saturated carbocycles. The van der Waals surface area contributed by atoms with E-state index in [4.69, 9.17) is 16.9 Å². The average molecular weight is 407 g/mol. The van der Waals surface area contributed by atoms with Crippen molar-refractivity contribution in [1.29, 1.82) is 5.26 Å². The molecule has 0 aliphatic carbocycles. The fourth-order valence-electron chi connectivity index (χ4n) is 4.27. The number of para-hydroxylation sites is 1. The topological polar surface area (TPSA) is 71.9 Å². The molecule has 6 heteroatoms. The van der Waals surface area contributed by atoms with Crippen LogP contribution in [0.4, 0.5) is 0 Å². The van der Waals surface area contributed by atoms with Gasteiger partial charge in [0.2, 0.25) is 5.91 Å². The van der Waals surface area contributed by atoms with Gasteiger partial charge in [0.1, 0.15) is 0 Å². The number of halogens is 1. The summed E-state index contributed by atoms with van der Waals surface area (Å²) in [5.74, 6) is 0.00234. The number of hydrogen-bond donors (Lipinski definition) is 2. The van der Waals surface area contributed by atoms with Crippen LogP contribution in [0.3, 0.4) is 0 Å². The van der Waals surface area contributed by atoms with Crippen molar-refractivity contribution in [3.63, 3.8) is 0 Å². The van der Waals surface area contributed by atoms with Gasteiger partial charge in [-0.25, -0.2) is 0 Å². The standard InChI is InChI=1S/C23H23ClN4O/c1-15-23-22(17-8-3-5-10-20(17)27-23)18(16-7-2-4-9-19(16)24)13-28(15)14-21(29)26-12-6-11-25/h2-5,7-10,15,18,27H,6,12-14H2,1H3,(H,26,29). The van der Waals surface area contributed by atoms with Crippen LogP contribution in [0.2, 0.25) is 5.02 Å². The molecule has 5 nitrogen and oxygen atoms in total. The predicted molar refractivity (Wildman–Crippen MR) is 115 cm³/mol. The van der Waals surface area contributed by atoms with Crippen molar-refractivity contribution in [2.24, 2.45) is 0 Å². The zero-order valence-electron chi connectivity index (χ0n) is 16.3. The molecule has 2 atom stereocenters. The number of nitrogens with zero attached hydrogens (tertiary/aromatic N) is 2. The number of hydrogen-bond acceptors (Lipinski definition) is 3. The molecular weight excluding hydrogens is 384 g/mol. The molecule has 2 unspecified atom stereocenters. The number of fused-ring (bicyclic) bond motifs is 3. The highest BCUT2D eigenvalue weighted by molar-refractivity contribution is 6.31. The number of aromatic amines is 1. The van der Waals surface area contributed by atoms with Gasteiger partial charge in [-0.1, -0.05) is 48.0 Å². The molecule has 0 spiro atoms. The average Bonchev–Trinajstić information content (AvgIpc) is 3.11. The number of rotatable bonds is 5. The fraction of sp³-hybridized carbons (Fsp3) is 0.304. The molecule has 148 valence electrons. The maximum Gasteiger partial charge on any atom is 0.234 e. The van der Waals surface area contributed by atoms with Gasteiger partial charge < -0.3 is 10.3 Å². The number of nitriles is 1. The number of H-pyrrole nitrogens is 1. The number of nitrogens with one attached hydrogen (secondary N) is 2. The van der Waals surface area contributed by atoms with E-state index in [-0.39, 0.29) is 24.4 Å². The Morgan fingerprint density at radius 1 is 1.28 bits per heavy atom. The lowest BCUT2D eigenvalue weighted by atomic mass is 9.83. The monoisotopic (exact) mass is 406 g/mol. The first-order chi connectivity index (χ1) is 14.1. The lowest BCUT2D eigenvalue weighted by Crippen LogP contribution is -2.43. The fourth-order valence-corrected chi connectivity index (χ4v) is 4.53. The molecule has 1 aliphatic rings. The molecule has 1 amide bonds. The molecule has 4 rings (SSSR count). The number of benzene rings is 2. The second-order valence-corrected chi connectivity index (χ2v) is 7.84. The third-order valence-corrected chi connectivity index (χ3v) is 6.04. The Hall–Kier alpha value is -2.81. The van der Waals surface area contributed by atoms with E-state index in [9.17, 15) is 4.79 Å². The normalized spacial score (nSPS) is 18.9. The third kappa shape index (κ3) is 3.74. The van der Waals surface area contributed by atoms with Crippen LogP contribution >= 0.6 is 11.6 Å². The molecule has 3 aromatic rings. The van der Waals surface area contributed by atoms with Crippen LogP contribution < -0.4 is 5.32 Å². The first-order valence-electron chi connectivity index (χ1n) is 9.82. The van der Waals surface area contributed by atoms with E-state index in [1.54, 1.807) is 0 Å². The lowest BCUT2D eigenvalue weighted by molar-refractivity contribution is -0.122. The van der Waals surface area contributed by atoms with Crippen LogP contribution in [0.15, 0.2) is 48.5 Å². The van der Waals surface area contributed by atoms with Crippen LogP contribution in [-0.4, -0.2) is 35.4 Å². The van der Waals surface area contributed by atoms with E-state index >= 15 is 0 Å². The molecule has 1 aromatic heterocycles. The van der Waals surface area contributed by atoms with Crippen molar-refractivity contribution in [2.45, 2.75) is 25.3 Å². The largest absolute Gasteiger partial charge is 0.357 e. The summed E-state index contributed by atoms with van der Waals surface area (Å²) in [5, 5.41) is 13.5. The first kappa shape index (κ1) is 19.5. The maximum atomic E-state index is 12.4. The number of amides is 1. The SMILES string of the molecule is CC1c2[nH]c3ccccc3c2C(c2ccccc2Cl)CN1CC(=O)NCCC#N. The Bertz CT molecular complexity index is 1080. The van der Waals surface area contributed by atoms with Gasteiger partial charge in [-0.15, -0.1) is 0 Å². The maximum absolute atomic E-state index is 12.4. The van der Waals surface area contributed by atoms with Crippen molar-refractivity contribution >= 4 is 28.4 Å². The van der Waals surface area contributed by atoms with Crippen LogP contribution in [0.1, 0.15) is 42.1 Å². The number of carbonyl (C=O) groups is 1. The van der Waals surface area contributed by atoms with Crippen LogP contribution in [0.5, 0.6) is 0 Å². The van der Waals surface area contributed by atoms with Crippen molar-refractivity contribution < 1.29 is 4.79 Å². The number of carbonyl (C=O) groups excluding carboxylic acids is 1. The van der Waals surface area contributed by atoms with Crippen LogP contribution in [0.25, 0.3) is 10.9 Å². The van der Waals surface area contributed by atoms with Gasteiger partial charge in [0.25, 0.3) is 0 Å². The lowest BCUT2D eigenvalue weighted by Gasteiger charge is -2.38. The second-order valence-electron chi connectivity index (χ2n) is 7.44. The summed E-state index contributed by atoms with van der Waals surface area (Å²) in [6.45, 7) is 3.48. The van der Waals surface area contributed by atoms with Crippen molar-refractivity contribution in [2.75, 3.05) is 19.6 Å². The van der Waals surface area contributed by atoms with E-state index in [0.29, 0.717) is 19.5 Å². The summed E-state index contributed by atoms with van der Waals surface area (Å²) >= 11 is 6.58. The molecule has 29 heavy (non-hydrogen) atoms. The van der Waals surface area contributed by atoms with E-state index in [1.807, 2.05) is 24.3 Å². The Labute approximate surface area is 175 Å². The van der Waals surface area contributed by atoms with Gasteiger partial charge in [0.15, 0.2) is 0 Å². The third-order valence-electron chi connectivity index (χ3n) is 5.69. The van der Waals surface area contributed by atoms with E-state index in [1.165, 1.54) is 10.9 Å². The Kier molecular flexibility index (Phi) is 5.57. The van der Waals surface area contributed by atoms with Gasteiger partial charge in [0.05, 0.1) is 19.0 Å². The van der Waals surface area contributed by atoms with Gasteiger partial charge in [-0.05, 0) is 30.2 Å². The number of aromatic nitrogens is 1. The molecule has 0 bridgehead atoms. The van der Waals surface area contributed by atoms with Gasteiger partial charge in [0, 0.05) is 46.7 Å². The van der Waals surface area contributed by atoms with Crippen LogP contribution in [-0.2, 0) is 4.79 Å². The Morgan fingerprint density at radius 3 is 2.83 bits per heavy atom. The molecule has 2 heterocycles. The van der Waals surface area contributed by atoms with Crippen molar-refractivity contribution in [3.05, 3.63) is 70.4 Å². The van der Waals surface area contributed by atoms with E-state index in [0.717, 1.165) is 21.8 Å². The second kappa shape index (κ2) is 8.28. The van der Waals surface area contributed by atoms with E-state index < -0.39 is 0 Å². The minimum atomic E-state index is -0.0652. The highest BCUT2D eigenvalue weighted by atomic mass is 35.5. The van der Waals surface area contributed by atoms with Crippen molar-refractivity contribution in [1.82, 2.24) is 15.2 Å². The molecule has 2 aromatic carbocycles. The van der Waals surface area contributed by atoms with E-state index in [2.05, 4.69) is 52.5 Å². The smallest absolute Gasteiger partial charge is 0.234 e.